The largest absolute Gasteiger partial charge is 0.309 e. The molecule has 4 nitrogen and oxygen atoms in total. The molecule has 0 saturated heterocycles. The van der Waals surface area contributed by atoms with Crippen molar-refractivity contribution in [3.8, 4) is 33.9 Å². The second kappa shape index (κ2) is 12.3. The molecule has 4 heteroatoms. The summed E-state index contributed by atoms with van der Waals surface area (Å²) in [6.07, 6.45) is 8.83. The van der Waals surface area contributed by atoms with Gasteiger partial charge in [-0.2, -0.15) is 0 Å². The fourth-order valence-electron chi connectivity index (χ4n) is 8.43. The van der Waals surface area contributed by atoms with E-state index in [0.717, 1.165) is 51.7 Å². The van der Waals surface area contributed by atoms with Crippen molar-refractivity contribution in [2.45, 2.75) is 12.8 Å². The lowest BCUT2D eigenvalue weighted by atomic mass is 10.0. The number of hydrogen-bond donors (Lipinski definition) is 0. The Morgan fingerprint density at radius 3 is 1.72 bits per heavy atom. The van der Waals surface area contributed by atoms with Gasteiger partial charge in [0.2, 0.25) is 5.95 Å². The van der Waals surface area contributed by atoms with Crippen LogP contribution in [0.4, 0.5) is 0 Å². The van der Waals surface area contributed by atoms with E-state index >= 15 is 0 Å². The van der Waals surface area contributed by atoms with E-state index in [1.54, 1.807) is 0 Å². The highest BCUT2D eigenvalue weighted by molar-refractivity contribution is 6.12. The van der Waals surface area contributed by atoms with E-state index in [-0.39, 0.29) is 0 Å². The summed E-state index contributed by atoms with van der Waals surface area (Å²) >= 11 is 0. The van der Waals surface area contributed by atoms with Gasteiger partial charge in [-0.25, -0.2) is 9.97 Å². The van der Waals surface area contributed by atoms with Crippen molar-refractivity contribution < 1.29 is 0 Å². The predicted molar refractivity (Wildman–Crippen MR) is 225 cm³/mol. The number of para-hydroxylation sites is 3. The van der Waals surface area contributed by atoms with Gasteiger partial charge in [0.1, 0.15) is 0 Å². The van der Waals surface area contributed by atoms with Gasteiger partial charge in [-0.1, -0.05) is 127 Å². The van der Waals surface area contributed by atoms with Crippen LogP contribution in [0.2, 0.25) is 0 Å². The fraction of sp³-hybridized carbons (Fsp3) is 0.0400. The van der Waals surface area contributed by atoms with Crippen molar-refractivity contribution >= 4 is 60.1 Å². The van der Waals surface area contributed by atoms with E-state index < -0.39 is 0 Å². The van der Waals surface area contributed by atoms with Crippen LogP contribution in [0.5, 0.6) is 0 Å². The molecule has 0 spiro atoms. The lowest BCUT2D eigenvalue weighted by Gasteiger charge is -2.13. The average molecular weight is 691 g/mol. The normalized spacial score (nSPS) is 13.1. The highest BCUT2D eigenvalue weighted by Crippen LogP contribution is 2.39. The van der Waals surface area contributed by atoms with Crippen LogP contribution < -0.4 is 0 Å². The number of rotatable bonds is 5. The average Bonchev–Trinajstić information content (AvgIpc) is 3.76. The van der Waals surface area contributed by atoms with Crippen LogP contribution in [-0.4, -0.2) is 19.1 Å². The van der Waals surface area contributed by atoms with Crippen molar-refractivity contribution in [2.24, 2.45) is 0 Å². The molecule has 0 radical (unpaired) electrons. The molecular formula is C50H34N4. The molecule has 7 aromatic carbocycles. The second-order valence-corrected chi connectivity index (χ2v) is 14.1. The lowest BCUT2D eigenvalue weighted by Crippen LogP contribution is -2.05. The van der Waals surface area contributed by atoms with Gasteiger partial charge in [-0.15, -0.1) is 0 Å². The number of benzene rings is 7. The third-order valence-electron chi connectivity index (χ3n) is 10.9. The quantitative estimate of drug-likeness (QED) is 0.180. The molecule has 0 aliphatic heterocycles. The summed E-state index contributed by atoms with van der Waals surface area (Å²) in [5, 5.41) is 5.91. The van der Waals surface area contributed by atoms with Crippen molar-refractivity contribution in [3.63, 3.8) is 0 Å². The molecule has 3 heterocycles. The van der Waals surface area contributed by atoms with Crippen LogP contribution in [-0.2, 0) is 0 Å². The molecule has 0 fully saturated rings. The first-order chi connectivity index (χ1) is 26.8. The van der Waals surface area contributed by atoms with Gasteiger partial charge in [0.05, 0.1) is 33.3 Å². The maximum Gasteiger partial charge on any atom is 0.235 e. The first kappa shape index (κ1) is 30.6. The van der Waals surface area contributed by atoms with Gasteiger partial charge in [-0.3, -0.25) is 4.57 Å². The molecule has 0 amide bonds. The number of fused-ring (bicyclic) bond motifs is 7. The third-order valence-corrected chi connectivity index (χ3v) is 10.9. The second-order valence-electron chi connectivity index (χ2n) is 14.1. The summed E-state index contributed by atoms with van der Waals surface area (Å²) in [5.41, 5.74) is 13.6. The zero-order valence-corrected chi connectivity index (χ0v) is 29.5. The van der Waals surface area contributed by atoms with E-state index in [9.17, 15) is 0 Å². The summed E-state index contributed by atoms with van der Waals surface area (Å²) in [4.78, 5) is 10.5. The summed E-state index contributed by atoms with van der Waals surface area (Å²) < 4.78 is 4.63. The van der Waals surface area contributed by atoms with Crippen LogP contribution in [0.1, 0.15) is 18.5 Å². The minimum absolute atomic E-state index is 0.688. The fourth-order valence-corrected chi connectivity index (χ4v) is 8.43. The minimum atomic E-state index is 0.688. The molecule has 1 aliphatic rings. The Kier molecular flexibility index (Phi) is 6.96. The van der Waals surface area contributed by atoms with Gasteiger partial charge in [0, 0.05) is 32.6 Å². The summed E-state index contributed by atoms with van der Waals surface area (Å²) in [7, 11) is 0. The summed E-state index contributed by atoms with van der Waals surface area (Å²) in [6, 6.07) is 58.9. The van der Waals surface area contributed by atoms with Crippen molar-refractivity contribution in [1.29, 1.82) is 0 Å². The molecule has 10 aromatic rings. The van der Waals surface area contributed by atoms with Crippen molar-refractivity contribution in [3.05, 3.63) is 188 Å². The molecule has 11 rings (SSSR count). The minimum Gasteiger partial charge on any atom is -0.309 e. The Bertz CT molecular complexity index is 3160. The SMILES string of the molecule is C1=CC(c2nc(-n3c4ccccc4c4cc(-c5ccc6c(c5)c5ccccc5n6-c5cccc(-c6ccccc6)c5)ccc43)nc3ccccc23)=CCC1. The van der Waals surface area contributed by atoms with Crippen LogP contribution in [0, 0.1) is 0 Å². The highest BCUT2D eigenvalue weighted by atomic mass is 15.2. The molecular weight excluding hydrogens is 657 g/mol. The molecule has 0 atom stereocenters. The maximum atomic E-state index is 5.29. The number of allylic oxidation sites excluding steroid dienone is 4. The van der Waals surface area contributed by atoms with Crippen molar-refractivity contribution in [1.82, 2.24) is 19.1 Å². The first-order valence-corrected chi connectivity index (χ1v) is 18.7. The highest BCUT2D eigenvalue weighted by Gasteiger charge is 2.19. The molecule has 54 heavy (non-hydrogen) atoms. The van der Waals surface area contributed by atoms with Crippen LogP contribution in [0.3, 0.4) is 0 Å². The Morgan fingerprint density at radius 1 is 0.407 bits per heavy atom. The summed E-state index contributed by atoms with van der Waals surface area (Å²) in [5.74, 6) is 0.688. The smallest absolute Gasteiger partial charge is 0.235 e. The molecule has 0 N–H and O–H groups in total. The van der Waals surface area contributed by atoms with Crippen LogP contribution >= 0.6 is 0 Å². The zero-order valence-electron chi connectivity index (χ0n) is 29.5. The Balaban J connectivity index is 1.07. The van der Waals surface area contributed by atoms with E-state index in [2.05, 4.69) is 191 Å². The van der Waals surface area contributed by atoms with E-state index in [1.807, 2.05) is 0 Å². The Morgan fingerprint density at radius 2 is 1.00 bits per heavy atom. The standard InChI is InChI=1S/C50H34N4/c1-3-14-33(15-4-1)35-18-13-19-38(30-35)53-45-24-11-8-20-39(45)42-31-36(26-28-47(42)53)37-27-29-48-43(32-37)40-21-9-12-25-46(40)54(48)50-51-44-23-10-7-22-41(44)49(52-50)34-16-5-2-6-17-34/h1,3-5,7-32H,2,6H2. The number of aromatic nitrogens is 4. The molecule has 0 unspecified atom stereocenters. The Hall–Kier alpha value is -7.04. The topological polar surface area (TPSA) is 35.6 Å². The number of nitrogens with zero attached hydrogens (tertiary/aromatic N) is 4. The van der Waals surface area contributed by atoms with E-state index in [1.165, 1.54) is 54.8 Å². The molecule has 3 aromatic heterocycles. The predicted octanol–water partition coefficient (Wildman–Crippen LogP) is 12.9. The zero-order chi connectivity index (χ0) is 35.6. The van der Waals surface area contributed by atoms with Gasteiger partial charge >= 0.3 is 0 Å². The molecule has 1 aliphatic carbocycles. The van der Waals surface area contributed by atoms with Crippen molar-refractivity contribution in [2.75, 3.05) is 0 Å². The molecule has 0 bridgehead atoms. The molecule has 0 saturated carbocycles. The van der Waals surface area contributed by atoms with Gasteiger partial charge < -0.3 is 4.57 Å². The van der Waals surface area contributed by atoms with Gasteiger partial charge in [0.15, 0.2) is 0 Å². The van der Waals surface area contributed by atoms with Gasteiger partial charge in [0.25, 0.3) is 0 Å². The van der Waals surface area contributed by atoms with Gasteiger partial charge in [-0.05, 0) is 95.3 Å². The van der Waals surface area contributed by atoms with Crippen LogP contribution in [0.25, 0.3) is 94.0 Å². The Labute approximate surface area is 312 Å². The molecule has 254 valence electrons. The lowest BCUT2D eigenvalue weighted by molar-refractivity contribution is 0.996. The third kappa shape index (κ3) is 4.84. The van der Waals surface area contributed by atoms with E-state index in [4.69, 9.17) is 9.97 Å². The van der Waals surface area contributed by atoms with E-state index in [0.29, 0.717) is 5.95 Å². The monoisotopic (exact) mass is 690 g/mol. The van der Waals surface area contributed by atoms with Crippen LogP contribution in [0.15, 0.2) is 182 Å². The number of hydrogen-bond acceptors (Lipinski definition) is 2. The maximum absolute atomic E-state index is 5.29. The summed E-state index contributed by atoms with van der Waals surface area (Å²) in [6.45, 7) is 0. The first-order valence-electron chi connectivity index (χ1n) is 18.7.